The first kappa shape index (κ1) is 19.7. The predicted octanol–water partition coefficient (Wildman–Crippen LogP) is -0.0282. The molecule has 5 N–H and O–H groups in total. The molecule has 1 saturated heterocycles. The number of benzene rings is 1. The van der Waals surface area contributed by atoms with E-state index >= 15 is 0 Å². The molecule has 2 aromatic heterocycles. The monoisotopic (exact) mass is 401 g/mol. The molecule has 1 aliphatic heterocycles. The Morgan fingerprint density at radius 3 is 2.59 bits per heavy atom. The van der Waals surface area contributed by atoms with Crippen LogP contribution in [-0.4, -0.2) is 70.9 Å². The minimum Gasteiger partial charge on any atom is -0.394 e. The molecule has 3 heterocycles. The lowest BCUT2D eigenvalue weighted by atomic mass is 10.0. The Morgan fingerprint density at radius 1 is 1.14 bits per heavy atom. The fraction of sp³-hybridized carbons (Fsp3) is 0.421. The molecule has 6 atom stereocenters. The number of hydrogen-bond donors (Lipinski definition) is 5. The van der Waals surface area contributed by atoms with Crippen LogP contribution in [0.25, 0.3) is 11.2 Å². The molecule has 29 heavy (non-hydrogen) atoms. The molecule has 10 heteroatoms. The van der Waals surface area contributed by atoms with Crippen molar-refractivity contribution in [3.8, 4) is 0 Å². The quantitative estimate of drug-likeness (QED) is 0.384. The van der Waals surface area contributed by atoms with Gasteiger partial charge in [-0.2, -0.15) is 0 Å². The Balaban J connectivity index is 1.60. The first-order chi connectivity index (χ1) is 14.0. The van der Waals surface area contributed by atoms with Gasteiger partial charge in [0.25, 0.3) is 0 Å². The maximum Gasteiger partial charge on any atom is 0.167 e. The van der Waals surface area contributed by atoms with Crippen molar-refractivity contribution in [2.75, 3.05) is 11.9 Å². The number of ether oxygens (including phenoxy) is 1. The predicted molar refractivity (Wildman–Crippen MR) is 103 cm³/mol. The fourth-order valence-electron chi connectivity index (χ4n) is 3.49. The molecule has 0 bridgehead atoms. The zero-order chi connectivity index (χ0) is 20.5. The maximum atomic E-state index is 10.6. The Morgan fingerprint density at radius 2 is 1.90 bits per heavy atom. The Bertz CT molecular complexity index is 968. The summed E-state index contributed by atoms with van der Waals surface area (Å²) in [6.45, 7) is 1.41. The van der Waals surface area contributed by atoms with Crippen LogP contribution >= 0.6 is 0 Å². The van der Waals surface area contributed by atoms with E-state index in [2.05, 4.69) is 20.3 Å². The summed E-state index contributed by atoms with van der Waals surface area (Å²) in [4.78, 5) is 12.8. The highest BCUT2D eigenvalue weighted by molar-refractivity contribution is 5.82. The van der Waals surface area contributed by atoms with Gasteiger partial charge in [-0.25, -0.2) is 15.0 Å². The molecule has 154 valence electrons. The van der Waals surface area contributed by atoms with Gasteiger partial charge in [-0.05, 0) is 12.5 Å². The Hall–Kier alpha value is -2.63. The van der Waals surface area contributed by atoms with Crippen molar-refractivity contribution in [2.45, 2.75) is 43.6 Å². The highest BCUT2D eigenvalue weighted by Gasteiger charge is 2.44. The molecule has 0 unspecified atom stereocenters. The highest BCUT2D eigenvalue weighted by Crippen LogP contribution is 2.32. The molecule has 1 aromatic carbocycles. The third-order valence-corrected chi connectivity index (χ3v) is 5.13. The van der Waals surface area contributed by atoms with Crippen LogP contribution in [0, 0.1) is 0 Å². The summed E-state index contributed by atoms with van der Waals surface area (Å²) in [5.74, 6) is 0.419. The molecule has 4 rings (SSSR count). The third-order valence-electron chi connectivity index (χ3n) is 5.13. The number of imidazole rings is 1. The van der Waals surface area contributed by atoms with Gasteiger partial charge in [0.1, 0.15) is 24.6 Å². The van der Waals surface area contributed by atoms with Crippen LogP contribution in [0.15, 0.2) is 43.0 Å². The first-order valence-electron chi connectivity index (χ1n) is 9.30. The first-order valence-corrected chi connectivity index (χ1v) is 9.30. The van der Waals surface area contributed by atoms with Crippen molar-refractivity contribution in [1.29, 1.82) is 0 Å². The normalized spacial score (nSPS) is 26.5. The van der Waals surface area contributed by atoms with E-state index in [1.165, 1.54) is 17.2 Å². The van der Waals surface area contributed by atoms with Crippen LogP contribution < -0.4 is 5.32 Å². The number of anilines is 1. The van der Waals surface area contributed by atoms with Crippen LogP contribution in [-0.2, 0) is 4.74 Å². The van der Waals surface area contributed by atoms with Crippen molar-refractivity contribution in [3.63, 3.8) is 0 Å². The SMILES string of the molecule is C[C@@H](Nc1ncnc2c1ncn2[C@@H]1O[C@H](CO)[C@@H](O)[C@H]1O)[C@H](O)c1ccccc1. The molecular formula is C19H23N5O5. The van der Waals surface area contributed by atoms with E-state index < -0.39 is 37.3 Å². The summed E-state index contributed by atoms with van der Waals surface area (Å²) < 4.78 is 7.05. The number of aromatic nitrogens is 4. The minimum atomic E-state index is -1.24. The van der Waals surface area contributed by atoms with Gasteiger partial charge in [0, 0.05) is 0 Å². The van der Waals surface area contributed by atoms with Gasteiger partial charge in [-0.15, -0.1) is 0 Å². The average molecular weight is 401 g/mol. The minimum absolute atomic E-state index is 0.366. The molecule has 0 spiro atoms. The molecule has 1 fully saturated rings. The van der Waals surface area contributed by atoms with Gasteiger partial charge in [0.2, 0.25) is 0 Å². The molecule has 0 saturated carbocycles. The topological polar surface area (TPSA) is 146 Å². The van der Waals surface area contributed by atoms with E-state index in [9.17, 15) is 20.4 Å². The van der Waals surface area contributed by atoms with Crippen molar-refractivity contribution in [1.82, 2.24) is 19.5 Å². The lowest BCUT2D eigenvalue weighted by Gasteiger charge is -2.21. The fourth-order valence-corrected chi connectivity index (χ4v) is 3.49. The van der Waals surface area contributed by atoms with E-state index in [0.29, 0.717) is 17.0 Å². The zero-order valence-electron chi connectivity index (χ0n) is 15.7. The number of aliphatic hydroxyl groups is 4. The summed E-state index contributed by atoms with van der Waals surface area (Å²) in [6, 6.07) is 8.92. The number of rotatable bonds is 6. The van der Waals surface area contributed by atoms with E-state index in [1.807, 2.05) is 37.3 Å². The van der Waals surface area contributed by atoms with Crippen LogP contribution in [0.2, 0.25) is 0 Å². The molecule has 0 amide bonds. The highest BCUT2D eigenvalue weighted by atomic mass is 16.6. The standard InChI is InChI=1S/C19H23N5O5/c1-10(14(26)11-5-3-2-4-6-11)23-17-13-18(21-8-20-17)24(9-22-13)19-16(28)15(27)12(7-25)29-19/h2-6,8-10,12,14-16,19,25-28H,7H2,1H3,(H,20,21,23)/t10-,12-,14+,15-,16-,19-/m1/s1. The lowest BCUT2D eigenvalue weighted by Crippen LogP contribution is -2.33. The average Bonchev–Trinajstić information content (AvgIpc) is 3.30. The Labute approximate surface area is 166 Å². The molecule has 0 aliphatic carbocycles. The van der Waals surface area contributed by atoms with Crippen molar-refractivity contribution in [2.24, 2.45) is 0 Å². The summed E-state index contributed by atoms with van der Waals surface area (Å²) in [5.41, 5.74) is 1.59. The van der Waals surface area contributed by atoms with Gasteiger partial charge < -0.3 is 30.5 Å². The Kier molecular flexibility index (Phi) is 5.43. The van der Waals surface area contributed by atoms with Crippen LogP contribution in [0.3, 0.4) is 0 Å². The lowest BCUT2D eigenvalue weighted by molar-refractivity contribution is -0.0511. The van der Waals surface area contributed by atoms with E-state index in [1.54, 1.807) is 0 Å². The molecular weight excluding hydrogens is 378 g/mol. The van der Waals surface area contributed by atoms with Crippen molar-refractivity contribution >= 4 is 17.0 Å². The largest absolute Gasteiger partial charge is 0.394 e. The van der Waals surface area contributed by atoms with Gasteiger partial charge in [-0.1, -0.05) is 30.3 Å². The number of nitrogens with zero attached hydrogens (tertiary/aromatic N) is 4. The molecule has 10 nitrogen and oxygen atoms in total. The molecule has 0 radical (unpaired) electrons. The van der Waals surface area contributed by atoms with Crippen LogP contribution in [0.4, 0.5) is 5.82 Å². The molecule has 1 aliphatic rings. The zero-order valence-corrected chi connectivity index (χ0v) is 15.7. The van der Waals surface area contributed by atoms with E-state index in [0.717, 1.165) is 5.56 Å². The summed E-state index contributed by atoms with van der Waals surface area (Å²) >= 11 is 0. The van der Waals surface area contributed by atoms with Gasteiger partial charge in [0.05, 0.1) is 25.1 Å². The number of fused-ring (bicyclic) bond motifs is 1. The van der Waals surface area contributed by atoms with Crippen molar-refractivity contribution in [3.05, 3.63) is 48.5 Å². The summed E-state index contributed by atoms with van der Waals surface area (Å²) in [5, 5.41) is 43.3. The van der Waals surface area contributed by atoms with Gasteiger partial charge in [0.15, 0.2) is 23.2 Å². The number of nitrogens with one attached hydrogen (secondary N) is 1. The smallest absolute Gasteiger partial charge is 0.167 e. The van der Waals surface area contributed by atoms with Crippen LogP contribution in [0.1, 0.15) is 24.8 Å². The van der Waals surface area contributed by atoms with E-state index in [-0.39, 0.29) is 6.04 Å². The van der Waals surface area contributed by atoms with E-state index in [4.69, 9.17) is 4.74 Å². The van der Waals surface area contributed by atoms with Gasteiger partial charge >= 0.3 is 0 Å². The second kappa shape index (κ2) is 8.01. The number of aliphatic hydroxyl groups excluding tert-OH is 4. The summed E-state index contributed by atoms with van der Waals surface area (Å²) in [6.07, 6.45) is -2.29. The summed E-state index contributed by atoms with van der Waals surface area (Å²) in [7, 11) is 0. The second-order valence-corrected chi connectivity index (χ2v) is 7.06. The number of hydrogen-bond acceptors (Lipinski definition) is 9. The van der Waals surface area contributed by atoms with Gasteiger partial charge in [-0.3, -0.25) is 4.57 Å². The molecule has 3 aromatic rings. The maximum absolute atomic E-state index is 10.6. The third kappa shape index (κ3) is 3.56. The second-order valence-electron chi connectivity index (χ2n) is 7.06. The van der Waals surface area contributed by atoms with Crippen molar-refractivity contribution < 1.29 is 25.2 Å². The van der Waals surface area contributed by atoms with Crippen LogP contribution in [0.5, 0.6) is 0 Å².